The van der Waals surface area contributed by atoms with E-state index in [1.165, 1.54) is 0 Å². The van der Waals surface area contributed by atoms with Crippen LogP contribution in [0.3, 0.4) is 0 Å². The summed E-state index contributed by atoms with van der Waals surface area (Å²) >= 11 is 5.06. The van der Waals surface area contributed by atoms with Gasteiger partial charge < -0.3 is 4.42 Å². The second-order valence-corrected chi connectivity index (χ2v) is 7.47. The average Bonchev–Trinajstić information content (AvgIpc) is 3.26. The molecule has 25 heavy (non-hydrogen) atoms. The molecule has 0 fully saturated rings. The molecule has 5 rings (SSSR count). The number of furan rings is 1. The van der Waals surface area contributed by atoms with Crippen molar-refractivity contribution >= 4 is 44.4 Å². The van der Waals surface area contributed by atoms with Crippen molar-refractivity contribution in [2.45, 2.75) is 5.16 Å². The fourth-order valence-corrected chi connectivity index (χ4v) is 3.83. The predicted octanol–water partition coefficient (Wildman–Crippen LogP) is 4.81. The number of thioether (sulfide) groups is 1. The lowest BCUT2D eigenvalue weighted by atomic mass is 10.2. The van der Waals surface area contributed by atoms with Gasteiger partial charge in [0, 0.05) is 21.2 Å². The van der Waals surface area contributed by atoms with Gasteiger partial charge in [0.25, 0.3) is 0 Å². The Bertz CT molecular complexity index is 1080. The van der Waals surface area contributed by atoms with Crippen LogP contribution in [0.2, 0.25) is 0 Å². The summed E-state index contributed by atoms with van der Waals surface area (Å²) in [6, 6.07) is 18.0. The molecular formula is C18H11BrN4OS. The maximum absolute atomic E-state index is 5.96. The Morgan fingerprint density at radius 2 is 1.88 bits per heavy atom. The number of fused-ring (bicyclic) bond motifs is 2. The van der Waals surface area contributed by atoms with E-state index in [4.69, 9.17) is 9.52 Å². The molecule has 122 valence electrons. The molecule has 0 aliphatic carbocycles. The maximum atomic E-state index is 5.96. The Hall–Kier alpha value is -2.38. The predicted molar refractivity (Wildman–Crippen MR) is 102 cm³/mol. The van der Waals surface area contributed by atoms with Crippen molar-refractivity contribution in [2.24, 2.45) is 5.10 Å². The van der Waals surface area contributed by atoms with Gasteiger partial charge in [0.1, 0.15) is 11.3 Å². The van der Waals surface area contributed by atoms with Crippen LogP contribution in [-0.2, 0) is 0 Å². The van der Waals surface area contributed by atoms with Crippen molar-refractivity contribution in [1.82, 2.24) is 14.9 Å². The first-order chi connectivity index (χ1) is 12.3. The van der Waals surface area contributed by atoms with E-state index < -0.39 is 0 Å². The zero-order valence-corrected chi connectivity index (χ0v) is 15.3. The normalized spacial score (nSPS) is 13.7. The minimum absolute atomic E-state index is 0.707. The molecule has 3 heterocycles. The van der Waals surface area contributed by atoms with Gasteiger partial charge in [-0.3, -0.25) is 0 Å². The molecule has 0 N–H and O–H groups in total. The fraction of sp³-hybridized carbons (Fsp3) is 0.0556. The molecule has 2 aromatic carbocycles. The quantitative estimate of drug-likeness (QED) is 0.475. The van der Waals surface area contributed by atoms with E-state index in [0.29, 0.717) is 5.75 Å². The van der Waals surface area contributed by atoms with Crippen LogP contribution in [0.15, 0.2) is 73.7 Å². The van der Waals surface area contributed by atoms with Crippen LogP contribution >= 0.6 is 27.7 Å². The number of nitrogens with zero attached hydrogens (tertiary/aromatic N) is 4. The molecule has 1 aliphatic rings. The summed E-state index contributed by atoms with van der Waals surface area (Å²) in [6.45, 7) is 0. The van der Waals surface area contributed by atoms with Gasteiger partial charge in [0.15, 0.2) is 11.6 Å². The van der Waals surface area contributed by atoms with Gasteiger partial charge in [0.05, 0.1) is 0 Å². The van der Waals surface area contributed by atoms with Crippen LogP contribution in [-0.4, -0.2) is 26.3 Å². The Labute approximate surface area is 155 Å². The second-order valence-electron chi connectivity index (χ2n) is 5.61. The zero-order chi connectivity index (χ0) is 16.8. The van der Waals surface area contributed by atoms with E-state index in [1.54, 1.807) is 16.4 Å². The fourth-order valence-electron chi connectivity index (χ4n) is 2.75. The smallest absolute Gasteiger partial charge is 0.212 e. The van der Waals surface area contributed by atoms with E-state index in [-0.39, 0.29) is 0 Å². The van der Waals surface area contributed by atoms with Gasteiger partial charge in [-0.25, -0.2) is 0 Å². The highest BCUT2D eigenvalue weighted by atomic mass is 79.9. The standard InChI is InChI=1S/C18H11BrN4OS/c19-13-7-5-11(6-8-13)17-20-21-18-23(17)22-14(10-25-18)16-9-12-3-1-2-4-15(12)24-16/h1-9H,10H2. The Kier molecular flexibility index (Phi) is 3.50. The summed E-state index contributed by atoms with van der Waals surface area (Å²) in [4.78, 5) is 0. The summed E-state index contributed by atoms with van der Waals surface area (Å²) < 4.78 is 8.77. The molecule has 0 saturated carbocycles. The van der Waals surface area contributed by atoms with Crippen molar-refractivity contribution in [3.8, 4) is 11.4 Å². The first kappa shape index (κ1) is 14.9. The van der Waals surface area contributed by atoms with E-state index in [2.05, 4.69) is 26.1 Å². The number of halogens is 1. The average molecular weight is 411 g/mol. The molecule has 7 heteroatoms. The van der Waals surface area contributed by atoms with Crippen molar-refractivity contribution < 1.29 is 4.42 Å². The highest BCUT2D eigenvalue weighted by Gasteiger charge is 2.22. The lowest BCUT2D eigenvalue weighted by Gasteiger charge is -2.12. The molecular weight excluding hydrogens is 400 g/mol. The highest BCUT2D eigenvalue weighted by molar-refractivity contribution is 9.10. The summed E-state index contributed by atoms with van der Waals surface area (Å²) in [5.74, 6) is 2.22. The molecule has 0 unspecified atom stereocenters. The minimum atomic E-state index is 0.707. The van der Waals surface area contributed by atoms with Crippen LogP contribution in [0, 0.1) is 0 Å². The van der Waals surface area contributed by atoms with Gasteiger partial charge in [-0.15, -0.1) is 10.2 Å². The Balaban J connectivity index is 1.61. The molecule has 2 aromatic heterocycles. The van der Waals surface area contributed by atoms with Crippen molar-refractivity contribution in [2.75, 3.05) is 5.75 Å². The second kappa shape index (κ2) is 5.86. The first-order valence-corrected chi connectivity index (χ1v) is 9.47. The lowest BCUT2D eigenvalue weighted by molar-refractivity contribution is 0.601. The summed E-state index contributed by atoms with van der Waals surface area (Å²) in [5.41, 5.74) is 2.72. The molecule has 0 bridgehead atoms. The largest absolute Gasteiger partial charge is 0.455 e. The van der Waals surface area contributed by atoms with Gasteiger partial charge in [-0.2, -0.15) is 9.78 Å². The molecule has 1 aliphatic heterocycles. The molecule has 5 nitrogen and oxygen atoms in total. The van der Waals surface area contributed by atoms with E-state index >= 15 is 0 Å². The monoisotopic (exact) mass is 410 g/mol. The van der Waals surface area contributed by atoms with E-state index in [9.17, 15) is 0 Å². The van der Waals surface area contributed by atoms with Crippen LogP contribution in [0.5, 0.6) is 0 Å². The summed E-state index contributed by atoms with van der Waals surface area (Å²) in [6.07, 6.45) is 0. The number of hydrogen-bond donors (Lipinski definition) is 0. The number of rotatable bonds is 2. The SMILES string of the molecule is Brc1ccc(-c2nnc3n2N=C(c2cc4ccccc4o2)CS3)cc1. The first-order valence-electron chi connectivity index (χ1n) is 7.69. The topological polar surface area (TPSA) is 56.2 Å². The summed E-state index contributed by atoms with van der Waals surface area (Å²) in [7, 11) is 0. The zero-order valence-electron chi connectivity index (χ0n) is 12.9. The number of hydrogen-bond acceptors (Lipinski definition) is 5. The van der Waals surface area contributed by atoms with Gasteiger partial charge in [0.2, 0.25) is 5.16 Å². The third kappa shape index (κ3) is 2.60. The van der Waals surface area contributed by atoms with Crippen molar-refractivity contribution in [1.29, 1.82) is 0 Å². The molecule has 0 radical (unpaired) electrons. The Morgan fingerprint density at radius 3 is 2.72 bits per heavy atom. The van der Waals surface area contributed by atoms with Crippen LogP contribution in [0.25, 0.3) is 22.4 Å². The van der Waals surface area contributed by atoms with E-state index in [1.807, 2.05) is 54.6 Å². The third-order valence-electron chi connectivity index (χ3n) is 3.98. The third-order valence-corrected chi connectivity index (χ3v) is 5.44. The number of para-hydroxylation sites is 1. The van der Waals surface area contributed by atoms with Gasteiger partial charge in [-0.05, 0) is 24.3 Å². The maximum Gasteiger partial charge on any atom is 0.212 e. The van der Waals surface area contributed by atoms with Gasteiger partial charge in [-0.1, -0.05) is 58.0 Å². The number of benzene rings is 2. The van der Waals surface area contributed by atoms with E-state index in [0.717, 1.165) is 43.5 Å². The Morgan fingerprint density at radius 1 is 1.04 bits per heavy atom. The molecule has 0 amide bonds. The van der Waals surface area contributed by atoms with Crippen LogP contribution in [0.4, 0.5) is 0 Å². The van der Waals surface area contributed by atoms with Crippen LogP contribution < -0.4 is 0 Å². The lowest BCUT2D eigenvalue weighted by Crippen LogP contribution is -2.13. The number of aromatic nitrogens is 3. The molecule has 0 atom stereocenters. The summed E-state index contributed by atoms with van der Waals surface area (Å²) in [5, 5.41) is 15.2. The van der Waals surface area contributed by atoms with Crippen molar-refractivity contribution in [3.63, 3.8) is 0 Å². The van der Waals surface area contributed by atoms with Crippen molar-refractivity contribution in [3.05, 3.63) is 64.8 Å². The highest BCUT2D eigenvalue weighted by Crippen LogP contribution is 2.30. The van der Waals surface area contributed by atoms with Crippen LogP contribution in [0.1, 0.15) is 5.76 Å². The molecule has 0 saturated heterocycles. The minimum Gasteiger partial charge on any atom is -0.455 e. The van der Waals surface area contributed by atoms with Gasteiger partial charge >= 0.3 is 0 Å². The molecule has 0 spiro atoms. The molecule has 4 aromatic rings.